The zero-order valence-electron chi connectivity index (χ0n) is 27.1. The van der Waals surface area contributed by atoms with E-state index < -0.39 is 30.1 Å². The Bertz CT molecular complexity index is 2080. The van der Waals surface area contributed by atoms with E-state index in [1.54, 1.807) is 32.9 Å². The van der Waals surface area contributed by atoms with Gasteiger partial charge in [-0.25, -0.2) is 14.8 Å². The minimum absolute atomic E-state index is 0.0593. The first-order chi connectivity index (χ1) is 22.1. The van der Waals surface area contributed by atoms with E-state index in [4.69, 9.17) is 9.97 Å². The standard InChI is InChI=1S/C35H38N4O8/c1-14-20(7-9-28(42)43)25-13-26-21(8-10-29(44)45)15(2)23(37-26)12-27-30(18(5)40)17(4)33(39-27)32(35(46)47)34-31(19(6)41)16(3)24(38-34)11-22(14)36-25/h11-13,18-19,36-37,40-41H,7-10H2,1-6H3,(H,42,43)(H,44,45)(H,46,47). The minimum Gasteiger partial charge on any atom is -0.481 e. The number of aliphatic hydroxyl groups is 2. The average molecular weight is 643 g/mol. The van der Waals surface area contributed by atoms with Crippen LogP contribution in [0, 0.1) is 13.8 Å². The smallest absolute Gasteiger partial charge is 0.340 e. The molecule has 2 aliphatic rings. The van der Waals surface area contributed by atoms with Crippen LogP contribution in [-0.4, -0.2) is 75.6 Å². The molecule has 2 atom stereocenters. The lowest BCUT2D eigenvalue weighted by Crippen LogP contribution is -2.11. The number of carboxylic acid groups (broad SMARTS) is 3. The molecular formula is C35H38N4O8. The Morgan fingerprint density at radius 1 is 0.660 bits per heavy atom. The van der Waals surface area contributed by atoms with Gasteiger partial charge in [-0.2, -0.15) is 0 Å². The molecule has 7 N–H and O–H groups in total. The molecule has 5 heterocycles. The number of carboxylic acids is 3. The van der Waals surface area contributed by atoms with E-state index in [1.807, 2.05) is 19.9 Å². The number of allylic oxidation sites excluding steroid dienone is 2. The second kappa shape index (κ2) is 12.6. The molecule has 0 fully saturated rings. The maximum absolute atomic E-state index is 13.0. The molecule has 2 aliphatic heterocycles. The van der Waals surface area contributed by atoms with Gasteiger partial charge in [0.05, 0.1) is 35.0 Å². The molecule has 12 heteroatoms. The van der Waals surface area contributed by atoms with Crippen molar-refractivity contribution in [2.75, 3.05) is 0 Å². The van der Waals surface area contributed by atoms with Crippen molar-refractivity contribution in [1.29, 1.82) is 0 Å². The average Bonchev–Trinajstić information content (AvgIpc) is 3.64. The summed E-state index contributed by atoms with van der Waals surface area (Å²) in [5, 5.41) is 51.3. The molecule has 246 valence electrons. The van der Waals surface area contributed by atoms with Crippen LogP contribution < -0.4 is 0 Å². The second-order valence-corrected chi connectivity index (χ2v) is 12.1. The molecule has 0 amide bonds. The highest BCUT2D eigenvalue weighted by Gasteiger charge is 2.32. The summed E-state index contributed by atoms with van der Waals surface area (Å²) < 4.78 is 0. The van der Waals surface area contributed by atoms with E-state index >= 15 is 0 Å². The summed E-state index contributed by atoms with van der Waals surface area (Å²) in [7, 11) is 0. The Kier molecular flexibility index (Phi) is 8.94. The lowest BCUT2D eigenvalue weighted by atomic mass is 9.95. The van der Waals surface area contributed by atoms with Gasteiger partial charge < -0.3 is 35.5 Å². The number of H-pyrrole nitrogens is 2. The number of aromatic nitrogens is 4. The molecule has 47 heavy (non-hydrogen) atoms. The topological polar surface area (TPSA) is 210 Å². The summed E-state index contributed by atoms with van der Waals surface area (Å²) in [6.07, 6.45) is -1.92. The van der Waals surface area contributed by atoms with Crippen LogP contribution in [0.25, 0.3) is 44.4 Å². The SMILES string of the molecule is CC1=C(C(C)O)c2nc1cc1[nH]c(cc3[nH]c(cc4nc(c2C(=O)O)C(C)=C4C(C)O)c(C)c3CCC(=O)O)c(CCC(=O)O)c1C. The molecule has 0 spiro atoms. The molecule has 0 saturated heterocycles. The highest BCUT2D eigenvalue weighted by atomic mass is 16.4. The predicted octanol–water partition coefficient (Wildman–Crippen LogP) is 5.29. The number of aryl methyl sites for hydroxylation is 4. The summed E-state index contributed by atoms with van der Waals surface area (Å²) >= 11 is 0. The van der Waals surface area contributed by atoms with Crippen LogP contribution in [0.1, 0.15) is 95.9 Å². The number of nitrogens with one attached hydrogen (secondary N) is 2. The van der Waals surface area contributed by atoms with Crippen molar-refractivity contribution >= 4 is 62.3 Å². The van der Waals surface area contributed by atoms with Crippen LogP contribution in [0.2, 0.25) is 0 Å². The number of hydrogen-bond donors (Lipinski definition) is 7. The van der Waals surface area contributed by atoms with Gasteiger partial charge in [0.2, 0.25) is 0 Å². The van der Waals surface area contributed by atoms with Gasteiger partial charge in [0, 0.05) is 46.1 Å². The number of hydrogen-bond acceptors (Lipinski definition) is 7. The highest BCUT2D eigenvalue weighted by Crippen LogP contribution is 2.40. The van der Waals surface area contributed by atoms with Gasteiger partial charge in [0.15, 0.2) is 0 Å². The number of rotatable bonds is 9. The van der Waals surface area contributed by atoms with Gasteiger partial charge in [-0.1, -0.05) is 0 Å². The van der Waals surface area contributed by atoms with Crippen LogP contribution in [0.5, 0.6) is 0 Å². The molecule has 2 unspecified atom stereocenters. The van der Waals surface area contributed by atoms with Crippen molar-refractivity contribution < 1.29 is 39.9 Å². The third-order valence-corrected chi connectivity index (χ3v) is 9.00. The number of carbonyl (C=O) groups is 3. The fourth-order valence-electron chi connectivity index (χ4n) is 6.62. The molecule has 3 aromatic heterocycles. The largest absolute Gasteiger partial charge is 0.481 e. The Labute approximate surface area is 270 Å². The number of aromatic carboxylic acids is 1. The molecule has 5 rings (SSSR count). The predicted molar refractivity (Wildman–Crippen MR) is 178 cm³/mol. The highest BCUT2D eigenvalue weighted by molar-refractivity contribution is 6.06. The number of nitrogens with zero attached hydrogens (tertiary/aromatic N) is 2. The van der Waals surface area contributed by atoms with Crippen LogP contribution in [0.15, 0.2) is 18.2 Å². The van der Waals surface area contributed by atoms with Crippen molar-refractivity contribution in [3.8, 4) is 0 Å². The zero-order valence-corrected chi connectivity index (χ0v) is 27.1. The van der Waals surface area contributed by atoms with Crippen LogP contribution in [0.3, 0.4) is 0 Å². The van der Waals surface area contributed by atoms with Crippen LogP contribution in [0.4, 0.5) is 0 Å². The summed E-state index contributed by atoms with van der Waals surface area (Å²) in [6, 6.07) is 5.29. The summed E-state index contributed by atoms with van der Waals surface area (Å²) in [4.78, 5) is 52.4. The molecule has 0 aliphatic carbocycles. The monoisotopic (exact) mass is 642 g/mol. The first-order valence-electron chi connectivity index (χ1n) is 15.3. The third-order valence-electron chi connectivity index (χ3n) is 9.00. The van der Waals surface area contributed by atoms with Gasteiger partial charge in [-0.3, -0.25) is 9.59 Å². The van der Waals surface area contributed by atoms with E-state index in [1.165, 1.54) is 6.92 Å². The van der Waals surface area contributed by atoms with E-state index in [9.17, 15) is 39.9 Å². The van der Waals surface area contributed by atoms with Crippen LogP contribution >= 0.6 is 0 Å². The number of fused-ring (bicyclic) bond motifs is 8. The minimum atomic E-state index is -1.31. The van der Waals surface area contributed by atoms with E-state index in [2.05, 4.69) is 9.97 Å². The Morgan fingerprint density at radius 2 is 1.13 bits per heavy atom. The van der Waals surface area contributed by atoms with E-state index in [0.29, 0.717) is 55.7 Å². The summed E-state index contributed by atoms with van der Waals surface area (Å²) in [5.41, 5.74) is 7.90. The summed E-state index contributed by atoms with van der Waals surface area (Å²) in [5.74, 6) is -3.23. The maximum Gasteiger partial charge on any atom is 0.340 e. The number of aromatic amines is 2. The number of aliphatic carboxylic acids is 2. The van der Waals surface area contributed by atoms with Crippen LogP contribution in [-0.2, 0) is 22.4 Å². The normalized spacial score (nSPS) is 14.5. The van der Waals surface area contributed by atoms with Crippen molar-refractivity contribution in [3.05, 3.63) is 68.8 Å². The van der Waals surface area contributed by atoms with E-state index in [-0.39, 0.29) is 42.6 Å². The quantitative estimate of drug-likeness (QED) is 0.160. The van der Waals surface area contributed by atoms with Crippen molar-refractivity contribution in [2.45, 2.75) is 79.4 Å². The molecule has 0 aromatic carbocycles. The fourth-order valence-corrected chi connectivity index (χ4v) is 6.62. The molecular weight excluding hydrogens is 604 g/mol. The Hall–Kier alpha value is -5.07. The van der Waals surface area contributed by atoms with E-state index in [0.717, 1.165) is 22.3 Å². The van der Waals surface area contributed by atoms with Gasteiger partial charge in [0.1, 0.15) is 5.56 Å². The fraction of sp³-hybridized carbons (Fsp3) is 0.343. The summed E-state index contributed by atoms with van der Waals surface area (Å²) in [6.45, 7) is 10.2. The van der Waals surface area contributed by atoms with Gasteiger partial charge in [-0.15, -0.1) is 0 Å². The molecule has 0 saturated carbocycles. The lowest BCUT2D eigenvalue weighted by molar-refractivity contribution is -0.138. The van der Waals surface area contributed by atoms with Gasteiger partial charge in [0.25, 0.3) is 0 Å². The molecule has 12 nitrogen and oxygen atoms in total. The van der Waals surface area contributed by atoms with Gasteiger partial charge in [-0.05, 0) is 106 Å². The Balaban J connectivity index is 2.05. The second-order valence-electron chi connectivity index (χ2n) is 12.1. The first kappa shape index (κ1) is 33.3. The van der Waals surface area contributed by atoms with Crippen molar-refractivity contribution in [3.63, 3.8) is 0 Å². The molecule has 0 radical (unpaired) electrons. The van der Waals surface area contributed by atoms with Crippen molar-refractivity contribution in [1.82, 2.24) is 19.9 Å². The Morgan fingerprint density at radius 3 is 1.57 bits per heavy atom. The third kappa shape index (κ3) is 6.09. The maximum atomic E-state index is 13.0. The number of aliphatic hydroxyl groups excluding tert-OH is 2. The first-order valence-corrected chi connectivity index (χ1v) is 15.3. The lowest BCUT2D eigenvalue weighted by Gasteiger charge is -2.11. The zero-order chi connectivity index (χ0) is 34.5. The van der Waals surface area contributed by atoms with Gasteiger partial charge >= 0.3 is 17.9 Å². The molecule has 8 bridgehead atoms. The van der Waals surface area contributed by atoms with Crippen molar-refractivity contribution in [2.24, 2.45) is 0 Å². The molecule has 3 aromatic rings.